The lowest BCUT2D eigenvalue weighted by molar-refractivity contribution is 0.603. The van der Waals surface area contributed by atoms with Crippen LogP contribution in [0.5, 0.6) is 0 Å². The summed E-state index contributed by atoms with van der Waals surface area (Å²) in [5.74, 6) is 0. The van der Waals surface area contributed by atoms with Gasteiger partial charge in [-0.25, -0.2) is 0 Å². The van der Waals surface area contributed by atoms with Gasteiger partial charge in [-0.15, -0.1) is 11.8 Å². The first-order valence-corrected chi connectivity index (χ1v) is 6.88. The molecular weight excluding hydrogens is 190 g/mol. The molecule has 0 bridgehead atoms. The smallest absolute Gasteiger partial charge is 0.0957 e. The third kappa shape index (κ3) is 4.04. The lowest BCUT2D eigenvalue weighted by atomic mass is 10.1. The van der Waals surface area contributed by atoms with Crippen LogP contribution in [0.15, 0.2) is 4.99 Å². The van der Waals surface area contributed by atoms with E-state index in [0.717, 1.165) is 0 Å². The minimum Gasteiger partial charge on any atom is -0.279 e. The fourth-order valence-electron chi connectivity index (χ4n) is 1.75. The van der Waals surface area contributed by atoms with Gasteiger partial charge in [-0.2, -0.15) is 0 Å². The number of hydrogen-bond donors (Lipinski definition) is 0. The Hall–Kier alpha value is 0.0200. The Labute approximate surface area is 92.8 Å². The summed E-state index contributed by atoms with van der Waals surface area (Å²) in [6.07, 6.45) is 8.19. The molecule has 0 unspecified atom stereocenters. The second kappa shape index (κ2) is 6.49. The van der Waals surface area contributed by atoms with E-state index in [9.17, 15) is 0 Å². The van der Waals surface area contributed by atoms with Crippen LogP contribution >= 0.6 is 11.8 Å². The number of unbranched alkanes of at least 4 members (excludes halogenated alkanes) is 4. The third-order valence-electron chi connectivity index (χ3n) is 2.85. The highest BCUT2D eigenvalue weighted by atomic mass is 32.2. The van der Waals surface area contributed by atoms with Crippen LogP contribution in [-0.2, 0) is 0 Å². The highest BCUT2D eigenvalue weighted by Gasteiger charge is 2.21. The lowest BCUT2D eigenvalue weighted by Crippen LogP contribution is -2.02. The van der Waals surface area contributed by atoms with E-state index in [1.807, 2.05) is 11.8 Å². The minimum atomic E-state index is 0.576. The Bertz CT molecular complexity index is 189. The average molecular weight is 213 g/mol. The molecule has 0 amide bonds. The Morgan fingerprint density at radius 3 is 2.50 bits per heavy atom. The van der Waals surface area contributed by atoms with Gasteiger partial charge in [-0.3, -0.25) is 4.99 Å². The SMILES string of the molecule is CCCCCCC[C@@H]1N=C(C)[C@@H](C)S1. The largest absolute Gasteiger partial charge is 0.279 e. The molecule has 0 radical (unpaired) electrons. The van der Waals surface area contributed by atoms with Crippen LogP contribution in [0.1, 0.15) is 59.3 Å². The van der Waals surface area contributed by atoms with Crippen LogP contribution in [0.3, 0.4) is 0 Å². The maximum Gasteiger partial charge on any atom is 0.0957 e. The highest BCUT2D eigenvalue weighted by Crippen LogP contribution is 2.30. The summed E-state index contributed by atoms with van der Waals surface area (Å²) in [7, 11) is 0. The Balaban J connectivity index is 2.03. The van der Waals surface area contributed by atoms with Gasteiger partial charge in [0.1, 0.15) is 0 Å². The second-order valence-corrected chi connectivity index (χ2v) is 5.73. The van der Waals surface area contributed by atoms with Crippen molar-refractivity contribution in [2.75, 3.05) is 0 Å². The summed E-state index contributed by atoms with van der Waals surface area (Å²) in [5.41, 5.74) is 1.34. The standard InChI is InChI=1S/C12H23NS/c1-4-5-6-7-8-9-12-13-10(2)11(3)14-12/h11-12H,4-9H2,1-3H3/t11-,12-/m1/s1. The molecule has 0 saturated heterocycles. The molecule has 1 aliphatic rings. The number of hydrogen-bond acceptors (Lipinski definition) is 2. The summed E-state index contributed by atoms with van der Waals surface area (Å²) >= 11 is 2.03. The zero-order valence-electron chi connectivity index (χ0n) is 9.75. The lowest BCUT2D eigenvalue weighted by Gasteiger charge is -2.06. The fraction of sp³-hybridized carbons (Fsp3) is 0.917. The van der Waals surface area contributed by atoms with Crippen molar-refractivity contribution in [3.8, 4) is 0 Å². The summed E-state index contributed by atoms with van der Waals surface area (Å²) in [5, 5.41) is 1.24. The molecule has 0 aliphatic carbocycles. The van der Waals surface area contributed by atoms with Gasteiger partial charge in [-0.1, -0.05) is 39.0 Å². The maximum absolute atomic E-state index is 4.67. The van der Waals surface area contributed by atoms with Gasteiger partial charge >= 0.3 is 0 Å². The Morgan fingerprint density at radius 1 is 1.21 bits per heavy atom. The first kappa shape index (κ1) is 12.1. The Kier molecular flexibility index (Phi) is 5.61. The van der Waals surface area contributed by atoms with Crippen LogP contribution in [-0.4, -0.2) is 16.3 Å². The summed E-state index contributed by atoms with van der Waals surface area (Å²) in [6, 6.07) is 0. The molecule has 0 aromatic rings. The van der Waals surface area contributed by atoms with E-state index in [1.165, 1.54) is 44.2 Å². The topological polar surface area (TPSA) is 12.4 Å². The predicted molar refractivity (Wildman–Crippen MR) is 67.3 cm³/mol. The first-order chi connectivity index (χ1) is 6.74. The zero-order valence-corrected chi connectivity index (χ0v) is 10.6. The molecule has 2 atom stereocenters. The Morgan fingerprint density at radius 2 is 1.93 bits per heavy atom. The molecule has 2 heteroatoms. The summed E-state index contributed by atoms with van der Waals surface area (Å²) in [4.78, 5) is 4.67. The molecule has 1 aliphatic heterocycles. The molecule has 0 spiro atoms. The van der Waals surface area contributed by atoms with Crippen molar-refractivity contribution < 1.29 is 0 Å². The maximum atomic E-state index is 4.67. The number of rotatable bonds is 6. The first-order valence-electron chi connectivity index (χ1n) is 5.93. The van der Waals surface area contributed by atoms with E-state index in [4.69, 9.17) is 0 Å². The molecule has 1 rings (SSSR count). The second-order valence-electron chi connectivity index (χ2n) is 4.21. The van der Waals surface area contributed by atoms with E-state index in [-0.39, 0.29) is 0 Å². The molecule has 14 heavy (non-hydrogen) atoms. The molecule has 1 heterocycles. The van der Waals surface area contributed by atoms with Crippen LogP contribution in [0.25, 0.3) is 0 Å². The van der Waals surface area contributed by atoms with Gasteiger partial charge in [0.05, 0.1) is 5.37 Å². The molecule has 0 aromatic heterocycles. The van der Waals surface area contributed by atoms with Crippen molar-refractivity contribution in [3.63, 3.8) is 0 Å². The average Bonchev–Trinajstić information content (AvgIpc) is 2.46. The molecule has 82 valence electrons. The monoisotopic (exact) mass is 213 g/mol. The van der Waals surface area contributed by atoms with Crippen LogP contribution < -0.4 is 0 Å². The van der Waals surface area contributed by atoms with Gasteiger partial charge in [-0.05, 0) is 20.3 Å². The van der Waals surface area contributed by atoms with E-state index < -0.39 is 0 Å². The van der Waals surface area contributed by atoms with Crippen molar-refractivity contribution in [3.05, 3.63) is 0 Å². The van der Waals surface area contributed by atoms with Crippen LogP contribution in [0.4, 0.5) is 0 Å². The number of thioether (sulfide) groups is 1. The summed E-state index contributed by atoms with van der Waals surface area (Å²) < 4.78 is 0. The van der Waals surface area contributed by atoms with Crippen molar-refractivity contribution in [2.45, 2.75) is 69.9 Å². The molecule has 1 nitrogen and oxygen atoms in total. The van der Waals surface area contributed by atoms with Crippen LogP contribution in [0.2, 0.25) is 0 Å². The number of aliphatic imine (C=N–C) groups is 1. The van der Waals surface area contributed by atoms with E-state index in [1.54, 1.807) is 0 Å². The fourth-order valence-corrected chi connectivity index (χ4v) is 3.01. The van der Waals surface area contributed by atoms with E-state index in [2.05, 4.69) is 25.8 Å². The quantitative estimate of drug-likeness (QED) is 0.600. The third-order valence-corrected chi connectivity index (χ3v) is 4.26. The molecule has 0 fully saturated rings. The van der Waals surface area contributed by atoms with Crippen molar-refractivity contribution in [1.82, 2.24) is 0 Å². The minimum absolute atomic E-state index is 0.576. The highest BCUT2D eigenvalue weighted by molar-refractivity contribution is 8.01. The molecule has 0 aromatic carbocycles. The number of nitrogens with zero attached hydrogens (tertiary/aromatic N) is 1. The van der Waals surface area contributed by atoms with Crippen molar-refractivity contribution in [2.24, 2.45) is 4.99 Å². The molecule has 0 N–H and O–H groups in total. The van der Waals surface area contributed by atoms with Crippen molar-refractivity contribution in [1.29, 1.82) is 0 Å². The molecular formula is C12H23NS. The molecule has 0 saturated carbocycles. The van der Waals surface area contributed by atoms with E-state index in [0.29, 0.717) is 10.6 Å². The van der Waals surface area contributed by atoms with Gasteiger partial charge in [0, 0.05) is 11.0 Å². The van der Waals surface area contributed by atoms with Gasteiger partial charge in [0.25, 0.3) is 0 Å². The van der Waals surface area contributed by atoms with Crippen LogP contribution in [0, 0.1) is 0 Å². The predicted octanol–water partition coefficient (Wildman–Crippen LogP) is 4.27. The van der Waals surface area contributed by atoms with Gasteiger partial charge in [0.2, 0.25) is 0 Å². The van der Waals surface area contributed by atoms with Gasteiger partial charge in [0.15, 0.2) is 0 Å². The normalized spacial score (nSPS) is 26.6. The zero-order chi connectivity index (χ0) is 10.4. The van der Waals surface area contributed by atoms with E-state index >= 15 is 0 Å². The van der Waals surface area contributed by atoms with Crippen molar-refractivity contribution >= 4 is 17.5 Å². The van der Waals surface area contributed by atoms with Gasteiger partial charge < -0.3 is 0 Å². The summed E-state index contributed by atoms with van der Waals surface area (Å²) in [6.45, 7) is 6.69.